The summed E-state index contributed by atoms with van der Waals surface area (Å²) in [6, 6.07) is 0. The molecule has 0 radical (unpaired) electrons. The molecular weight excluding hydrogens is 148 g/mol. The quantitative estimate of drug-likeness (QED) is 0.420. The van der Waals surface area contributed by atoms with Gasteiger partial charge in [0.05, 0.1) is 5.66 Å². The summed E-state index contributed by atoms with van der Waals surface area (Å²) in [6.07, 6.45) is 7.08. The van der Waals surface area contributed by atoms with Gasteiger partial charge in [-0.05, 0) is 12.8 Å². The summed E-state index contributed by atoms with van der Waals surface area (Å²) in [7, 11) is 0. The highest BCUT2D eigenvalue weighted by molar-refractivity contribution is 5.85. The van der Waals surface area contributed by atoms with Crippen LogP contribution in [0.15, 0.2) is 0 Å². The number of halogens is 1. The van der Waals surface area contributed by atoms with Crippen LogP contribution in [0, 0.1) is 0 Å². The molecule has 3 heteroatoms. The molecule has 0 bridgehead atoms. The Morgan fingerprint density at radius 3 is 1.60 bits per heavy atom. The zero-order chi connectivity index (χ0) is 6.74. The van der Waals surface area contributed by atoms with E-state index in [9.17, 15) is 0 Å². The van der Waals surface area contributed by atoms with Gasteiger partial charge in [0, 0.05) is 0 Å². The minimum atomic E-state index is -0.337. The highest BCUT2D eigenvalue weighted by atomic mass is 35.5. The van der Waals surface area contributed by atoms with E-state index >= 15 is 0 Å². The van der Waals surface area contributed by atoms with E-state index in [1.165, 1.54) is 25.7 Å². The fraction of sp³-hybridized carbons (Fsp3) is 1.00. The minimum absolute atomic E-state index is 0. The molecule has 1 fully saturated rings. The predicted molar refractivity (Wildman–Crippen MR) is 46.1 cm³/mol. The van der Waals surface area contributed by atoms with E-state index in [1.807, 2.05) is 0 Å². The average molecular weight is 165 g/mol. The van der Waals surface area contributed by atoms with Crippen LogP contribution in [0.4, 0.5) is 0 Å². The number of nitrogens with two attached hydrogens (primary N) is 2. The van der Waals surface area contributed by atoms with Crippen LogP contribution in [0.1, 0.15) is 38.5 Å². The van der Waals surface area contributed by atoms with Crippen molar-refractivity contribution in [2.75, 3.05) is 0 Å². The lowest BCUT2D eigenvalue weighted by molar-refractivity contribution is 0.386. The van der Waals surface area contributed by atoms with Gasteiger partial charge in [0.2, 0.25) is 0 Å². The topological polar surface area (TPSA) is 52.0 Å². The zero-order valence-electron chi connectivity index (χ0n) is 6.31. The SMILES string of the molecule is Cl.NC1(N)CCCCCC1. The molecule has 10 heavy (non-hydrogen) atoms. The van der Waals surface area contributed by atoms with Crippen LogP contribution < -0.4 is 11.5 Å². The highest BCUT2D eigenvalue weighted by Crippen LogP contribution is 2.20. The van der Waals surface area contributed by atoms with Gasteiger partial charge in [0.1, 0.15) is 0 Å². The van der Waals surface area contributed by atoms with Crippen LogP contribution in [-0.2, 0) is 0 Å². The van der Waals surface area contributed by atoms with Crippen LogP contribution in [0.2, 0.25) is 0 Å². The molecule has 0 amide bonds. The maximum absolute atomic E-state index is 5.76. The molecule has 0 aliphatic heterocycles. The van der Waals surface area contributed by atoms with Gasteiger partial charge in [-0.15, -0.1) is 12.4 Å². The Morgan fingerprint density at radius 2 is 1.20 bits per heavy atom. The summed E-state index contributed by atoms with van der Waals surface area (Å²) in [6.45, 7) is 0. The first kappa shape index (κ1) is 10.2. The van der Waals surface area contributed by atoms with E-state index in [4.69, 9.17) is 11.5 Å². The van der Waals surface area contributed by atoms with Crippen molar-refractivity contribution in [2.24, 2.45) is 11.5 Å². The first-order valence-electron chi connectivity index (χ1n) is 3.78. The maximum Gasteiger partial charge on any atom is 0.0636 e. The lowest BCUT2D eigenvalue weighted by atomic mass is 10.0. The van der Waals surface area contributed by atoms with Crippen LogP contribution in [-0.4, -0.2) is 5.66 Å². The van der Waals surface area contributed by atoms with Crippen molar-refractivity contribution in [1.82, 2.24) is 0 Å². The second kappa shape index (κ2) is 4.16. The molecule has 0 unspecified atom stereocenters. The molecular formula is C7H17ClN2. The van der Waals surface area contributed by atoms with E-state index in [0.29, 0.717) is 0 Å². The average Bonchev–Trinajstić information content (AvgIpc) is 1.92. The van der Waals surface area contributed by atoms with Gasteiger partial charge in [0.25, 0.3) is 0 Å². The van der Waals surface area contributed by atoms with Gasteiger partial charge in [-0.25, -0.2) is 0 Å². The fourth-order valence-electron chi connectivity index (χ4n) is 1.39. The third-order valence-corrected chi connectivity index (χ3v) is 2.03. The zero-order valence-corrected chi connectivity index (χ0v) is 7.12. The number of rotatable bonds is 0. The molecule has 0 aromatic rings. The fourth-order valence-corrected chi connectivity index (χ4v) is 1.39. The molecule has 1 saturated carbocycles. The Morgan fingerprint density at radius 1 is 0.800 bits per heavy atom. The largest absolute Gasteiger partial charge is 0.313 e. The standard InChI is InChI=1S/C7H16N2.ClH/c8-7(9)5-3-1-2-4-6-7;/h1-6,8-9H2;1H. The summed E-state index contributed by atoms with van der Waals surface area (Å²) >= 11 is 0. The molecule has 0 heterocycles. The Hall–Kier alpha value is 0.210. The minimum Gasteiger partial charge on any atom is -0.313 e. The van der Waals surface area contributed by atoms with Crippen molar-refractivity contribution in [3.63, 3.8) is 0 Å². The Labute approximate surface area is 68.8 Å². The van der Waals surface area contributed by atoms with Gasteiger partial charge in [-0.3, -0.25) is 0 Å². The molecule has 62 valence electrons. The number of hydrogen-bond acceptors (Lipinski definition) is 2. The molecule has 0 spiro atoms. The molecule has 0 saturated heterocycles. The lowest BCUT2D eigenvalue weighted by Gasteiger charge is -2.21. The normalized spacial score (nSPS) is 24.6. The van der Waals surface area contributed by atoms with Crippen LogP contribution in [0.3, 0.4) is 0 Å². The van der Waals surface area contributed by atoms with Crippen LogP contribution in [0.5, 0.6) is 0 Å². The molecule has 1 aliphatic rings. The molecule has 1 aliphatic carbocycles. The van der Waals surface area contributed by atoms with Crippen molar-refractivity contribution in [3.05, 3.63) is 0 Å². The van der Waals surface area contributed by atoms with Gasteiger partial charge in [-0.2, -0.15) is 0 Å². The monoisotopic (exact) mass is 164 g/mol. The lowest BCUT2D eigenvalue weighted by Crippen LogP contribution is -2.48. The number of hydrogen-bond donors (Lipinski definition) is 2. The van der Waals surface area contributed by atoms with Crippen molar-refractivity contribution in [2.45, 2.75) is 44.2 Å². The summed E-state index contributed by atoms with van der Waals surface area (Å²) in [5.41, 5.74) is 11.2. The van der Waals surface area contributed by atoms with Crippen LogP contribution in [0.25, 0.3) is 0 Å². The third kappa shape index (κ3) is 3.40. The summed E-state index contributed by atoms with van der Waals surface area (Å²) < 4.78 is 0. The first-order valence-corrected chi connectivity index (χ1v) is 3.78. The molecule has 1 rings (SSSR count). The van der Waals surface area contributed by atoms with Crippen molar-refractivity contribution in [3.8, 4) is 0 Å². The van der Waals surface area contributed by atoms with Gasteiger partial charge >= 0.3 is 0 Å². The van der Waals surface area contributed by atoms with E-state index in [2.05, 4.69) is 0 Å². The van der Waals surface area contributed by atoms with E-state index in [-0.39, 0.29) is 18.1 Å². The Bertz CT molecular complexity index is 83.6. The second-order valence-electron chi connectivity index (χ2n) is 3.15. The van der Waals surface area contributed by atoms with Crippen molar-refractivity contribution >= 4 is 12.4 Å². The van der Waals surface area contributed by atoms with E-state index < -0.39 is 0 Å². The predicted octanol–water partition coefficient (Wildman–Crippen LogP) is 1.38. The van der Waals surface area contributed by atoms with E-state index in [0.717, 1.165) is 12.8 Å². The molecule has 0 atom stereocenters. The molecule has 2 nitrogen and oxygen atoms in total. The summed E-state index contributed by atoms with van der Waals surface area (Å²) in [5, 5.41) is 0. The van der Waals surface area contributed by atoms with E-state index in [1.54, 1.807) is 0 Å². The van der Waals surface area contributed by atoms with Crippen LogP contribution >= 0.6 is 12.4 Å². The smallest absolute Gasteiger partial charge is 0.0636 e. The highest BCUT2D eigenvalue weighted by Gasteiger charge is 2.19. The summed E-state index contributed by atoms with van der Waals surface area (Å²) in [4.78, 5) is 0. The van der Waals surface area contributed by atoms with Crippen molar-refractivity contribution in [1.29, 1.82) is 0 Å². The van der Waals surface area contributed by atoms with Gasteiger partial charge in [0.15, 0.2) is 0 Å². The van der Waals surface area contributed by atoms with Crippen molar-refractivity contribution < 1.29 is 0 Å². The Balaban J connectivity index is 0.000000810. The Kier molecular flexibility index (Phi) is 4.25. The molecule has 4 N–H and O–H groups in total. The molecule has 0 aromatic heterocycles. The first-order chi connectivity index (χ1) is 4.21. The second-order valence-corrected chi connectivity index (χ2v) is 3.15. The maximum atomic E-state index is 5.76. The van der Waals surface area contributed by atoms with Gasteiger partial charge in [-0.1, -0.05) is 25.7 Å². The summed E-state index contributed by atoms with van der Waals surface area (Å²) in [5.74, 6) is 0. The third-order valence-electron chi connectivity index (χ3n) is 2.03. The van der Waals surface area contributed by atoms with Gasteiger partial charge < -0.3 is 11.5 Å². The molecule has 0 aromatic carbocycles.